The maximum absolute atomic E-state index is 11.9. The average Bonchev–Trinajstić information content (AvgIpc) is 2.13. The molecule has 0 saturated carbocycles. The van der Waals surface area contributed by atoms with Crippen molar-refractivity contribution in [3.05, 3.63) is 22.8 Å². The van der Waals surface area contributed by atoms with E-state index in [4.69, 9.17) is 11.6 Å². The molecule has 0 radical (unpaired) electrons. The van der Waals surface area contributed by atoms with Gasteiger partial charge in [0.15, 0.2) is 0 Å². The van der Waals surface area contributed by atoms with Crippen LogP contribution in [0.4, 0.5) is 0 Å². The second-order valence-corrected chi connectivity index (χ2v) is 6.31. The molecule has 0 bridgehead atoms. The number of rotatable bonds is 2. The fraction of sp³-hybridized carbons (Fsp3) is 0.545. The molecule has 1 fully saturated rings. The van der Waals surface area contributed by atoms with Gasteiger partial charge in [-0.05, 0) is 19.4 Å². The van der Waals surface area contributed by atoms with Crippen molar-refractivity contribution in [2.45, 2.75) is 19.4 Å². The molecule has 1 N–H and O–H groups in total. The van der Waals surface area contributed by atoms with Crippen molar-refractivity contribution in [1.29, 1.82) is 0 Å². The smallest absolute Gasteiger partial charge is 0.227 e. The molecule has 5 heteroatoms. The number of hydrogen-bond acceptors (Lipinski definition) is 2. The van der Waals surface area contributed by atoms with E-state index in [9.17, 15) is 9.00 Å². The Labute approximate surface area is 102 Å². The van der Waals surface area contributed by atoms with Crippen LogP contribution in [0.3, 0.4) is 0 Å². The second kappa shape index (κ2) is 4.72. The van der Waals surface area contributed by atoms with Crippen molar-refractivity contribution in [3.63, 3.8) is 0 Å². The average molecular weight is 260 g/mol. The second-order valence-electron chi connectivity index (χ2n) is 4.33. The molecule has 1 unspecified atom stereocenters. The topological polar surface area (TPSA) is 46.2 Å². The zero-order chi connectivity index (χ0) is 11.7. The molecule has 1 atom stereocenters. The highest BCUT2D eigenvalue weighted by atomic mass is 35.5. The molecular weight excluding hydrogens is 246 g/mol. The van der Waals surface area contributed by atoms with Crippen LogP contribution in [0.25, 0.3) is 0 Å². The van der Waals surface area contributed by atoms with Crippen LogP contribution in [0.15, 0.2) is 22.8 Å². The summed E-state index contributed by atoms with van der Waals surface area (Å²) in [6.07, 6.45) is 4.38. The minimum absolute atomic E-state index is 0.00713. The molecule has 1 amide bonds. The molecule has 1 aliphatic heterocycles. The SMILES string of the molecule is CC1=CC(Cl)=CC(C(=O)NC2CS(=O)C2)C1. The molecule has 2 rings (SSSR count). The summed E-state index contributed by atoms with van der Waals surface area (Å²) in [7, 11) is -0.725. The summed E-state index contributed by atoms with van der Waals surface area (Å²) >= 11 is 5.91. The lowest BCUT2D eigenvalue weighted by atomic mass is 9.94. The summed E-state index contributed by atoms with van der Waals surface area (Å²) in [5, 5.41) is 3.52. The van der Waals surface area contributed by atoms with Crippen LogP contribution in [-0.4, -0.2) is 27.7 Å². The molecule has 3 nitrogen and oxygen atoms in total. The van der Waals surface area contributed by atoms with Gasteiger partial charge >= 0.3 is 0 Å². The maximum atomic E-state index is 11.9. The van der Waals surface area contributed by atoms with Crippen molar-refractivity contribution >= 4 is 28.3 Å². The van der Waals surface area contributed by atoms with Gasteiger partial charge in [0.2, 0.25) is 5.91 Å². The Morgan fingerprint density at radius 1 is 1.56 bits per heavy atom. The summed E-state index contributed by atoms with van der Waals surface area (Å²) in [6, 6.07) is 0.0896. The minimum Gasteiger partial charge on any atom is -0.351 e. The van der Waals surface area contributed by atoms with Crippen molar-refractivity contribution in [2.75, 3.05) is 11.5 Å². The lowest BCUT2D eigenvalue weighted by molar-refractivity contribution is -0.124. The Kier molecular flexibility index (Phi) is 3.50. The van der Waals surface area contributed by atoms with Crippen LogP contribution in [-0.2, 0) is 15.6 Å². The van der Waals surface area contributed by atoms with Gasteiger partial charge in [0.05, 0.1) is 12.0 Å². The van der Waals surface area contributed by atoms with Gasteiger partial charge < -0.3 is 5.32 Å². The van der Waals surface area contributed by atoms with Gasteiger partial charge in [-0.25, -0.2) is 0 Å². The van der Waals surface area contributed by atoms with E-state index in [1.54, 1.807) is 6.08 Å². The minimum atomic E-state index is -0.725. The third-order valence-electron chi connectivity index (χ3n) is 2.74. The van der Waals surface area contributed by atoms with Gasteiger partial charge in [0, 0.05) is 27.3 Å². The monoisotopic (exact) mass is 259 g/mol. The number of carbonyl (C=O) groups excluding carboxylic acids is 1. The fourth-order valence-corrected chi connectivity index (χ4v) is 3.21. The standard InChI is InChI=1S/C11H14ClNO2S/c1-7-2-8(4-9(12)3-7)11(14)13-10-5-16(15)6-10/h3-4,8,10H,2,5-6H2,1H3,(H,13,14). The van der Waals surface area contributed by atoms with E-state index in [0.717, 1.165) is 12.0 Å². The Morgan fingerprint density at radius 2 is 2.25 bits per heavy atom. The Balaban J connectivity index is 1.91. The number of amides is 1. The van der Waals surface area contributed by atoms with E-state index in [2.05, 4.69) is 5.32 Å². The lowest BCUT2D eigenvalue weighted by Gasteiger charge is -2.28. The summed E-state index contributed by atoms with van der Waals surface area (Å²) in [5.74, 6) is 0.994. The Bertz CT molecular complexity index is 395. The van der Waals surface area contributed by atoms with Crippen molar-refractivity contribution in [1.82, 2.24) is 5.32 Å². The van der Waals surface area contributed by atoms with E-state index >= 15 is 0 Å². The molecule has 0 aromatic rings. The Morgan fingerprint density at radius 3 is 2.81 bits per heavy atom. The van der Waals surface area contributed by atoms with E-state index in [0.29, 0.717) is 16.5 Å². The number of allylic oxidation sites excluding steroid dienone is 3. The van der Waals surface area contributed by atoms with Crippen LogP contribution in [0, 0.1) is 5.92 Å². The first kappa shape index (κ1) is 11.9. The predicted molar refractivity (Wildman–Crippen MR) is 65.6 cm³/mol. The van der Waals surface area contributed by atoms with Crippen LogP contribution in [0.2, 0.25) is 0 Å². The summed E-state index contributed by atoms with van der Waals surface area (Å²) < 4.78 is 10.9. The van der Waals surface area contributed by atoms with Gasteiger partial charge in [-0.3, -0.25) is 9.00 Å². The maximum Gasteiger partial charge on any atom is 0.227 e. The Hall–Kier alpha value is -0.610. The fourth-order valence-electron chi connectivity index (χ4n) is 1.90. The third-order valence-corrected chi connectivity index (χ3v) is 4.53. The third kappa shape index (κ3) is 2.74. The zero-order valence-corrected chi connectivity index (χ0v) is 10.6. The van der Waals surface area contributed by atoms with Crippen LogP contribution >= 0.6 is 11.6 Å². The van der Waals surface area contributed by atoms with Crippen molar-refractivity contribution in [3.8, 4) is 0 Å². The van der Waals surface area contributed by atoms with E-state index in [1.807, 2.05) is 13.0 Å². The summed E-state index contributed by atoms with van der Waals surface area (Å²) in [5.41, 5.74) is 1.12. The largest absolute Gasteiger partial charge is 0.351 e. The molecular formula is C11H14ClNO2S. The first-order valence-corrected chi connectivity index (χ1v) is 7.11. The number of halogens is 1. The first-order chi connectivity index (χ1) is 7.54. The van der Waals surface area contributed by atoms with Gasteiger partial charge in [-0.1, -0.05) is 23.3 Å². The van der Waals surface area contributed by atoms with Crippen LogP contribution < -0.4 is 5.32 Å². The molecule has 0 spiro atoms. The molecule has 1 saturated heterocycles. The van der Waals surface area contributed by atoms with Gasteiger partial charge in [0.1, 0.15) is 0 Å². The molecule has 0 aromatic heterocycles. The van der Waals surface area contributed by atoms with Gasteiger partial charge in [-0.2, -0.15) is 0 Å². The van der Waals surface area contributed by atoms with E-state index in [1.165, 1.54) is 0 Å². The van der Waals surface area contributed by atoms with Gasteiger partial charge in [0.25, 0.3) is 0 Å². The van der Waals surface area contributed by atoms with E-state index in [-0.39, 0.29) is 17.9 Å². The molecule has 2 aliphatic rings. The summed E-state index contributed by atoms with van der Waals surface area (Å²) in [6.45, 7) is 1.97. The highest BCUT2D eigenvalue weighted by Crippen LogP contribution is 2.25. The number of carbonyl (C=O) groups is 1. The highest BCUT2D eigenvalue weighted by Gasteiger charge is 2.29. The number of hydrogen-bond donors (Lipinski definition) is 1. The molecule has 1 heterocycles. The lowest BCUT2D eigenvalue weighted by Crippen LogP contribution is -2.51. The zero-order valence-electron chi connectivity index (χ0n) is 9.03. The van der Waals surface area contributed by atoms with Crippen LogP contribution in [0.5, 0.6) is 0 Å². The molecule has 0 aromatic carbocycles. The van der Waals surface area contributed by atoms with E-state index < -0.39 is 10.8 Å². The normalized spacial score (nSPS) is 33.5. The van der Waals surface area contributed by atoms with Crippen molar-refractivity contribution < 1.29 is 9.00 Å². The molecule has 16 heavy (non-hydrogen) atoms. The van der Waals surface area contributed by atoms with Gasteiger partial charge in [-0.15, -0.1) is 0 Å². The quantitative estimate of drug-likeness (QED) is 0.813. The first-order valence-electron chi connectivity index (χ1n) is 5.24. The highest BCUT2D eigenvalue weighted by molar-refractivity contribution is 7.86. The predicted octanol–water partition coefficient (Wildman–Crippen LogP) is 1.32. The number of nitrogens with one attached hydrogen (secondary N) is 1. The summed E-state index contributed by atoms with van der Waals surface area (Å²) in [4.78, 5) is 11.9. The van der Waals surface area contributed by atoms with Crippen LogP contribution in [0.1, 0.15) is 13.3 Å². The molecule has 88 valence electrons. The van der Waals surface area contributed by atoms with Crippen molar-refractivity contribution in [2.24, 2.45) is 5.92 Å². The molecule has 1 aliphatic carbocycles.